The zero-order valence-electron chi connectivity index (χ0n) is 25.8. The maximum atomic E-state index is 6.43. The van der Waals surface area contributed by atoms with Crippen molar-refractivity contribution in [1.82, 2.24) is 19.3 Å². The quantitative estimate of drug-likeness (QED) is 0.126. The van der Waals surface area contributed by atoms with E-state index in [2.05, 4.69) is 105 Å². The van der Waals surface area contributed by atoms with E-state index < -0.39 is 0 Å². The normalized spacial score (nSPS) is 16.6. The van der Waals surface area contributed by atoms with Crippen LogP contribution < -0.4 is 4.74 Å². The average Bonchev–Trinajstić information content (AvgIpc) is 3.51. The average molecular weight is 760 g/mol. The van der Waals surface area contributed by atoms with E-state index in [-0.39, 0.29) is 21.1 Å². The van der Waals surface area contributed by atoms with Crippen LogP contribution in [0.5, 0.6) is 11.5 Å². The predicted octanol–water partition coefficient (Wildman–Crippen LogP) is 9.39. The van der Waals surface area contributed by atoms with Gasteiger partial charge in [0.25, 0.3) is 0 Å². The summed E-state index contributed by atoms with van der Waals surface area (Å²) in [5.41, 5.74) is 9.24. The Bertz CT molecular complexity index is 2020. The van der Waals surface area contributed by atoms with Crippen LogP contribution in [0.2, 0.25) is 0 Å². The Balaban J connectivity index is 0.00000343. The predicted molar refractivity (Wildman–Crippen MR) is 174 cm³/mol. The zero-order chi connectivity index (χ0) is 29.7. The summed E-state index contributed by atoms with van der Waals surface area (Å²) in [7, 11) is 0. The number of allylic oxidation sites excluding steroid dienone is 2. The molecule has 0 bridgehead atoms. The number of pyridine rings is 1. The molecule has 0 spiro atoms. The Morgan fingerprint density at radius 1 is 0.932 bits per heavy atom. The molecule has 7 rings (SSSR count). The van der Waals surface area contributed by atoms with E-state index in [0.717, 1.165) is 57.4 Å². The molecule has 2 atom stereocenters. The van der Waals surface area contributed by atoms with Crippen molar-refractivity contribution in [1.29, 1.82) is 0 Å². The van der Waals surface area contributed by atoms with Crippen LogP contribution in [0.15, 0.2) is 84.6 Å². The minimum absolute atomic E-state index is 0. The summed E-state index contributed by atoms with van der Waals surface area (Å²) in [6.07, 6.45) is 7.53. The molecule has 0 amide bonds. The van der Waals surface area contributed by atoms with Crippen LogP contribution in [0, 0.1) is 31.9 Å². The van der Waals surface area contributed by atoms with Crippen LogP contribution in [0.4, 0.5) is 0 Å². The molecule has 6 aromatic rings. The molecule has 5 nitrogen and oxygen atoms in total. The number of hydrogen-bond acceptors (Lipinski definition) is 3. The van der Waals surface area contributed by atoms with Crippen molar-refractivity contribution in [2.75, 3.05) is 0 Å². The van der Waals surface area contributed by atoms with Gasteiger partial charge in [0.1, 0.15) is 5.82 Å². The summed E-state index contributed by atoms with van der Waals surface area (Å²) < 4.78 is 10.7. The number of aromatic nitrogens is 4. The number of benzene rings is 3. The Kier molecular flexibility index (Phi) is 8.35. The summed E-state index contributed by atoms with van der Waals surface area (Å²) in [6, 6.07) is 29.7. The van der Waals surface area contributed by atoms with E-state index in [0.29, 0.717) is 23.3 Å². The number of aryl methyl sites for hydroxylation is 2. The molecule has 0 saturated carbocycles. The summed E-state index contributed by atoms with van der Waals surface area (Å²) in [5.74, 6) is 3.13. The van der Waals surface area contributed by atoms with Gasteiger partial charge in [-0.25, -0.2) is 4.98 Å². The van der Waals surface area contributed by atoms with Gasteiger partial charge in [0.15, 0.2) is 0 Å². The van der Waals surface area contributed by atoms with Gasteiger partial charge in [-0.3, -0.25) is 4.68 Å². The molecule has 0 radical (unpaired) electrons. The number of nitrogens with zero attached hydrogens (tertiary/aromatic N) is 4. The first-order chi connectivity index (χ1) is 20.9. The van der Waals surface area contributed by atoms with Gasteiger partial charge in [-0.05, 0) is 80.8 Å². The van der Waals surface area contributed by atoms with Crippen LogP contribution in [0.25, 0.3) is 33.3 Å². The van der Waals surface area contributed by atoms with Crippen molar-refractivity contribution in [3.05, 3.63) is 119 Å². The van der Waals surface area contributed by atoms with Gasteiger partial charge in [-0.15, -0.1) is 35.7 Å². The third-order valence-corrected chi connectivity index (χ3v) is 8.89. The Morgan fingerprint density at radius 2 is 1.75 bits per heavy atom. The number of ether oxygens (including phenoxy) is 1. The summed E-state index contributed by atoms with van der Waals surface area (Å²) in [4.78, 5) is 4.69. The fraction of sp³-hybridized carbons (Fsp3) is 0.263. The van der Waals surface area contributed by atoms with Crippen molar-refractivity contribution in [2.45, 2.75) is 59.8 Å². The molecule has 1 aliphatic carbocycles. The molecule has 1 unspecified atom stereocenters. The molecule has 6 heteroatoms. The van der Waals surface area contributed by atoms with E-state index in [1.54, 1.807) is 0 Å². The maximum absolute atomic E-state index is 6.43. The van der Waals surface area contributed by atoms with Crippen LogP contribution in [-0.2, 0) is 27.5 Å². The van der Waals surface area contributed by atoms with Crippen molar-refractivity contribution < 1.29 is 25.8 Å². The van der Waals surface area contributed by atoms with Crippen molar-refractivity contribution in [3.63, 3.8) is 0 Å². The molecule has 1 aliphatic rings. The molecule has 224 valence electrons. The van der Waals surface area contributed by atoms with Crippen LogP contribution in [0.1, 0.15) is 62.0 Å². The molecular weight excluding hydrogens is 724 g/mol. The fourth-order valence-corrected chi connectivity index (χ4v) is 6.91. The summed E-state index contributed by atoms with van der Waals surface area (Å²) in [6.45, 7) is 11.1. The van der Waals surface area contributed by atoms with Gasteiger partial charge in [0.2, 0.25) is 0 Å². The first-order valence-electron chi connectivity index (χ1n) is 15.3. The molecular formula is C38H36N4OPt. The van der Waals surface area contributed by atoms with Crippen LogP contribution in [0.3, 0.4) is 0 Å². The second-order valence-electron chi connectivity index (χ2n) is 11.8. The maximum Gasteiger partial charge on any atom is 2.00 e. The first-order valence-corrected chi connectivity index (χ1v) is 15.3. The molecule has 0 saturated heterocycles. The minimum atomic E-state index is 0. The van der Waals surface area contributed by atoms with Crippen molar-refractivity contribution in [3.8, 4) is 23.0 Å². The SMILES string of the molecule is CCc1c(C2C(C)=CCC[C@@H]2C)c(C)nn1-c1[c-]c(Oc2[c-]c3c(cc2)c2ccccc2n3-c2cc(C)ccn2)ccc1.[Pt+2]. The van der Waals surface area contributed by atoms with Gasteiger partial charge >= 0.3 is 21.1 Å². The molecule has 44 heavy (non-hydrogen) atoms. The van der Waals surface area contributed by atoms with E-state index in [4.69, 9.17) is 14.8 Å². The van der Waals surface area contributed by atoms with E-state index in [1.165, 1.54) is 23.3 Å². The standard InChI is InChI=1S/C38H36N4O.Pt/c1-6-33-38(37-25(3)11-9-12-26(37)4)27(5)40-42(33)28-13-10-14-29(22-28)43-30-17-18-32-31-15-7-8-16-34(31)41(35(32)23-30)36-21-24(2)19-20-39-36;/h7-8,10-11,13-21,26,37H,6,9,12H2,1-5H3;/q-2;+2/t26-,37?;/m0./s1. The molecule has 0 aliphatic heterocycles. The Morgan fingerprint density at radius 3 is 2.55 bits per heavy atom. The Labute approximate surface area is 273 Å². The number of fused-ring (bicyclic) bond motifs is 3. The van der Waals surface area contributed by atoms with Crippen LogP contribution in [-0.4, -0.2) is 19.3 Å². The molecule has 0 fully saturated rings. The summed E-state index contributed by atoms with van der Waals surface area (Å²) >= 11 is 0. The third kappa shape index (κ3) is 5.22. The second kappa shape index (κ2) is 12.2. The summed E-state index contributed by atoms with van der Waals surface area (Å²) in [5, 5.41) is 7.31. The van der Waals surface area contributed by atoms with E-state index >= 15 is 0 Å². The third-order valence-electron chi connectivity index (χ3n) is 8.89. The van der Waals surface area contributed by atoms with Crippen LogP contribution >= 0.6 is 0 Å². The topological polar surface area (TPSA) is 44.9 Å². The first kappa shape index (κ1) is 30.1. The van der Waals surface area contributed by atoms with Gasteiger partial charge in [0, 0.05) is 40.4 Å². The largest absolute Gasteiger partial charge is 2.00 e. The van der Waals surface area contributed by atoms with Crippen molar-refractivity contribution in [2.24, 2.45) is 5.92 Å². The van der Waals surface area contributed by atoms with E-state index in [1.807, 2.05) is 30.5 Å². The monoisotopic (exact) mass is 759 g/mol. The van der Waals surface area contributed by atoms with Gasteiger partial charge in [0.05, 0.1) is 5.69 Å². The number of hydrogen-bond donors (Lipinski definition) is 0. The molecule has 3 heterocycles. The smallest absolute Gasteiger partial charge is 0.509 e. The fourth-order valence-electron chi connectivity index (χ4n) is 6.91. The van der Waals surface area contributed by atoms with Gasteiger partial charge < -0.3 is 9.30 Å². The molecule has 0 N–H and O–H groups in total. The zero-order valence-corrected chi connectivity index (χ0v) is 28.1. The van der Waals surface area contributed by atoms with E-state index in [9.17, 15) is 0 Å². The second-order valence-corrected chi connectivity index (χ2v) is 11.8. The van der Waals surface area contributed by atoms with Gasteiger partial charge in [-0.2, -0.15) is 17.2 Å². The van der Waals surface area contributed by atoms with Crippen molar-refractivity contribution >= 4 is 21.8 Å². The molecule has 3 aromatic carbocycles. The molecule has 3 aromatic heterocycles. The minimum Gasteiger partial charge on any atom is -0.509 e. The number of para-hydroxylation sites is 1. The Hall–Kier alpha value is -3.95. The van der Waals surface area contributed by atoms with Gasteiger partial charge in [-0.1, -0.05) is 49.2 Å². The number of rotatable bonds is 6.